The molecule has 1 fully saturated rings. The lowest BCUT2D eigenvalue weighted by molar-refractivity contribution is 0.177. The monoisotopic (exact) mass is 454 g/mol. The van der Waals surface area contributed by atoms with Gasteiger partial charge in [-0.3, -0.25) is 5.10 Å². The number of rotatable bonds is 4. The summed E-state index contributed by atoms with van der Waals surface area (Å²) in [6.45, 7) is 2.33. The van der Waals surface area contributed by atoms with E-state index in [-0.39, 0.29) is 18.0 Å². The van der Waals surface area contributed by atoms with Crippen LogP contribution >= 0.6 is 0 Å². The van der Waals surface area contributed by atoms with Crippen LogP contribution in [0.15, 0.2) is 60.8 Å². The number of hydrogen-bond acceptors (Lipinski definition) is 5. The number of nitrogens with one attached hydrogen (secondary N) is 2. The van der Waals surface area contributed by atoms with Gasteiger partial charge in [-0.05, 0) is 36.4 Å². The van der Waals surface area contributed by atoms with Crippen LogP contribution in [0.4, 0.5) is 10.5 Å². The van der Waals surface area contributed by atoms with Gasteiger partial charge in [0.2, 0.25) is 5.88 Å². The summed E-state index contributed by atoms with van der Waals surface area (Å²) in [5.41, 5.74) is 5.83. The van der Waals surface area contributed by atoms with Crippen molar-refractivity contribution in [3.8, 4) is 17.1 Å². The fourth-order valence-corrected chi connectivity index (χ4v) is 5.28. The van der Waals surface area contributed by atoms with Crippen LogP contribution < -0.4 is 10.1 Å². The summed E-state index contributed by atoms with van der Waals surface area (Å²) < 4.78 is 5.29. The lowest BCUT2D eigenvalue weighted by Crippen LogP contribution is -2.48. The Morgan fingerprint density at radius 1 is 1.09 bits per heavy atom. The summed E-state index contributed by atoms with van der Waals surface area (Å²) in [7, 11) is 3.72. The van der Waals surface area contributed by atoms with Crippen LogP contribution in [-0.4, -0.2) is 64.3 Å². The van der Waals surface area contributed by atoms with Gasteiger partial charge >= 0.3 is 6.03 Å². The van der Waals surface area contributed by atoms with Gasteiger partial charge in [-0.15, -0.1) is 0 Å². The van der Waals surface area contributed by atoms with E-state index in [0.29, 0.717) is 12.4 Å². The molecule has 2 atom stereocenters. The number of likely N-dealkylation sites (N-methyl/N-ethyl adjacent to an activating group) is 1. The Kier molecular flexibility index (Phi) is 4.95. The van der Waals surface area contributed by atoms with E-state index in [1.165, 1.54) is 5.56 Å². The second kappa shape index (κ2) is 8.14. The van der Waals surface area contributed by atoms with Gasteiger partial charge in [-0.25, -0.2) is 9.78 Å². The normalized spacial score (nSPS) is 20.4. The topological polar surface area (TPSA) is 86.4 Å². The van der Waals surface area contributed by atoms with E-state index >= 15 is 0 Å². The lowest BCUT2D eigenvalue weighted by Gasteiger charge is -2.36. The average molecular weight is 455 g/mol. The molecule has 2 amide bonds. The third kappa shape index (κ3) is 3.47. The number of benzene rings is 2. The number of pyridine rings is 1. The Bertz CT molecular complexity index is 1370. The van der Waals surface area contributed by atoms with E-state index in [1.54, 1.807) is 13.3 Å². The summed E-state index contributed by atoms with van der Waals surface area (Å²) in [6.07, 6.45) is 1.72. The molecule has 4 aromatic rings. The fraction of sp³-hybridized carbons (Fsp3) is 0.269. The third-order valence-corrected chi connectivity index (χ3v) is 6.95. The number of carbonyl (C=O) groups excluding carboxylic acids is 1. The number of H-pyrrole nitrogens is 1. The van der Waals surface area contributed by atoms with Gasteiger partial charge < -0.3 is 19.9 Å². The highest BCUT2D eigenvalue weighted by molar-refractivity contribution is 6.00. The summed E-state index contributed by atoms with van der Waals surface area (Å²) in [5.74, 6) is 0.818. The number of fused-ring (bicyclic) bond motifs is 2. The molecule has 2 aliphatic rings. The Morgan fingerprint density at radius 3 is 2.76 bits per heavy atom. The Morgan fingerprint density at radius 2 is 1.94 bits per heavy atom. The number of anilines is 1. The molecule has 0 unspecified atom stereocenters. The summed E-state index contributed by atoms with van der Waals surface area (Å²) in [6, 6.07) is 18.5. The molecule has 172 valence electrons. The predicted octanol–water partition coefficient (Wildman–Crippen LogP) is 4.08. The molecule has 6 rings (SSSR count). The number of amides is 2. The number of nitrogens with zero attached hydrogens (tertiary/aromatic N) is 4. The molecule has 2 aromatic heterocycles. The van der Waals surface area contributed by atoms with Gasteiger partial charge in [-0.1, -0.05) is 30.3 Å². The van der Waals surface area contributed by atoms with Crippen molar-refractivity contribution in [2.75, 3.05) is 32.6 Å². The van der Waals surface area contributed by atoms with Gasteiger partial charge in [0.15, 0.2) is 0 Å². The molecule has 0 bridgehead atoms. The molecular formula is C26H26N6O2. The van der Waals surface area contributed by atoms with Crippen LogP contribution in [0.1, 0.15) is 17.0 Å². The first kappa shape index (κ1) is 20.7. The maximum atomic E-state index is 13.2. The average Bonchev–Trinajstić information content (AvgIpc) is 3.46. The van der Waals surface area contributed by atoms with Gasteiger partial charge in [0.25, 0.3) is 0 Å². The zero-order valence-electron chi connectivity index (χ0n) is 19.2. The molecule has 4 heterocycles. The van der Waals surface area contributed by atoms with Crippen LogP contribution in [0.2, 0.25) is 0 Å². The molecular weight excluding hydrogens is 428 g/mol. The number of aromatic amines is 1. The highest BCUT2D eigenvalue weighted by Gasteiger charge is 2.40. The van der Waals surface area contributed by atoms with Gasteiger partial charge in [-0.2, -0.15) is 5.10 Å². The van der Waals surface area contributed by atoms with E-state index in [0.717, 1.165) is 46.5 Å². The molecule has 8 heteroatoms. The summed E-state index contributed by atoms with van der Waals surface area (Å²) in [5, 5.41) is 11.8. The number of aromatic nitrogens is 3. The Hall–Kier alpha value is -3.91. The highest BCUT2D eigenvalue weighted by atomic mass is 16.5. The molecule has 2 aromatic carbocycles. The number of ether oxygens (including phenoxy) is 1. The van der Waals surface area contributed by atoms with E-state index in [4.69, 9.17) is 4.74 Å². The maximum absolute atomic E-state index is 13.2. The highest BCUT2D eigenvalue weighted by Crippen LogP contribution is 2.37. The van der Waals surface area contributed by atoms with Gasteiger partial charge in [0, 0.05) is 54.5 Å². The third-order valence-electron chi connectivity index (χ3n) is 6.95. The maximum Gasteiger partial charge on any atom is 0.322 e. The zero-order chi connectivity index (χ0) is 23.2. The minimum atomic E-state index is -0.0494. The second-order valence-corrected chi connectivity index (χ2v) is 9.08. The van der Waals surface area contributed by atoms with Crippen molar-refractivity contribution in [1.82, 2.24) is 25.0 Å². The number of carbonyl (C=O) groups is 1. The van der Waals surface area contributed by atoms with Crippen molar-refractivity contribution in [2.45, 2.75) is 18.5 Å². The molecule has 2 N–H and O–H groups in total. The van der Waals surface area contributed by atoms with Crippen molar-refractivity contribution < 1.29 is 9.53 Å². The minimum Gasteiger partial charge on any atom is -0.481 e. The molecule has 8 nitrogen and oxygen atoms in total. The molecule has 0 saturated carbocycles. The van der Waals surface area contributed by atoms with Gasteiger partial charge in [0.05, 0.1) is 18.7 Å². The molecule has 0 spiro atoms. The smallest absolute Gasteiger partial charge is 0.322 e. The first-order valence-corrected chi connectivity index (χ1v) is 11.4. The lowest BCUT2D eigenvalue weighted by atomic mass is 9.92. The Labute approximate surface area is 197 Å². The molecule has 1 saturated heterocycles. The minimum absolute atomic E-state index is 0.0494. The van der Waals surface area contributed by atoms with Crippen molar-refractivity contribution in [2.24, 2.45) is 0 Å². The zero-order valence-corrected chi connectivity index (χ0v) is 19.2. The fourth-order valence-electron chi connectivity index (χ4n) is 5.28. The first-order valence-electron chi connectivity index (χ1n) is 11.4. The van der Waals surface area contributed by atoms with Crippen molar-refractivity contribution in [3.05, 3.63) is 71.9 Å². The van der Waals surface area contributed by atoms with Crippen LogP contribution in [0.25, 0.3) is 22.2 Å². The van der Waals surface area contributed by atoms with Crippen LogP contribution in [0.5, 0.6) is 5.88 Å². The second-order valence-electron chi connectivity index (χ2n) is 9.08. The summed E-state index contributed by atoms with van der Waals surface area (Å²) in [4.78, 5) is 21.7. The van der Waals surface area contributed by atoms with Crippen LogP contribution in [-0.2, 0) is 6.54 Å². The van der Waals surface area contributed by atoms with E-state index < -0.39 is 0 Å². The number of likely N-dealkylation sites (tertiary alicyclic amines) is 1. The van der Waals surface area contributed by atoms with E-state index in [9.17, 15) is 4.79 Å². The number of hydrogen-bond donors (Lipinski definition) is 2. The van der Waals surface area contributed by atoms with Crippen LogP contribution in [0, 0.1) is 0 Å². The van der Waals surface area contributed by atoms with Crippen LogP contribution in [0.3, 0.4) is 0 Å². The number of methoxy groups -OCH3 is 1. The predicted molar refractivity (Wildman–Crippen MR) is 131 cm³/mol. The Balaban J connectivity index is 1.36. The largest absolute Gasteiger partial charge is 0.481 e. The molecule has 0 radical (unpaired) electrons. The quantitative estimate of drug-likeness (QED) is 0.485. The first-order chi connectivity index (χ1) is 16.6. The van der Waals surface area contributed by atoms with Gasteiger partial charge in [0.1, 0.15) is 5.69 Å². The molecule has 2 aliphatic heterocycles. The van der Waals surface area contributed by atoms with E-state index in [2.05, 4.69) is 62.8 Å². The standard InChI is InChI=1S/C26H26N6O2/c1-31-14-20(16-6-4-3-5-7-16)23(15-31)32-13-18-10-19-22(12-21(18)28-26(32)33)29-30-25(19)17-8-9-27-24(11-17)34-2/h3-12,20,23H,13-15H2,1-2H3,(H,28,33)(H,29,30)/t20-,23+/m0/s1. The van der Waals surface area contributed by atoms with Crippen molar-refractivity contribution in [3.63, 3.8) is 0 Å². The summed E-state index contributed by atoms with van der Waals surface area (Å²) >= 11 is 0. The van der Waals surface area contributed by atoms with Crippen molar-refractivity contribution in [1.29, 1.82) is 0 Å². The van der Waals surface area contributed by atoms with E-state index in [1.807, 2.05) is 29.2 Å². The van der Waals surface area contributed by atoms with Crippen molar-refractivity contribution >= 4 is 22.6 Å². The molecule has 0 aliphatic carbocycles. The number of urea groups is 1. The SMILES string of the molecule is COc1cc(-c2n[nH]c3cc4c(cc23)CN([C@@H]2CN(C)C[C@H]2c2ccccc2)C(=O)N4)ccn1. The molecule has 34 heavy (non-hydrogen) atoms.